The molecule has 0 radical (unpaired) electrons. The van der Waals surface area contributed by atoms with Gasteiger partial charge in [-0.3, -0.25) is 9.78 Å². The highest BCUT2D eigenvalue weighted by Crippen LogP contribution is 2.27. The van der Waals surface area contributed by atoms with Crippen LogP contribution in [0.25, 0.3) is 21.0 Å². The molecule has 0 bridgehead atoms. The van der Waals surface area contributed by atoms with Crippen molar-refractivity contribution in [1.82, 2.24) is 14.3 Å². The smallest absolute Gasteiger partial charge is 0.244 e. The number of sulfonamides is 1. The summed E-state index contributed by atoms with van der Waals surface area (Å²) < 4.78 is 34.0. The SMILES string of the molecule is COCCN(CC(=O)Nc1nc2ccccc2s1)S(=O)(=O)c1cccc2cnccc12. The Kier molecular flexibility index (Phi) is 6.23. The molecule has 8 nitrogen and oxygen atoms in total. The van der Waals surface area contributed by atoms with Crippen molar-refractivity contribution >= 4 is 53.4 Å². The summed E-state index contributed by atoms with van der Waals surface area (Å²) in [5, 5.41) is 4.38. The topological polar surface area (TPSA) is 101 Å². The molecule has 4 aromatic rings. The lowest BCUT2D eigenvalue weighted by Crippen LogP contribution is -2.40. The Morgan fingerprint density at radius 1 is 1.16 bits per heavy atom. The van der Waals surface area contributed by atoms with Crippen molar-refractivity contribution in [3.8, 4) is 0 Å². The number of methoxy groups -OCH3 is 1. The van der Waals surface area contributed by atoms with Gasteiger partial charge in [-0.1, -0.05) is 35.6 Å². The van der Waals surface area contributed by atoms with Crippen LogP contribution < -0.4 is 5.32 Å². The van der Waals surface area contributed by atoms with Crippen LogP contribution in [0.2, 0.25) is 0 Å². The van der Waals surface area contributed by atoms with Crippen molar-refractivity contribution in [2.24, 2.45) is 0 Å². The number of carbonyl (C=O) groups is 1. The molecule has 0 fully saturated rings. The number of nitrogens with one attached hydrogen (secondary N) is 1. The first-order valence-electron chi connectivity index (χ1n) is 9.46. The van der Waals surface area contributed by atoms with E-state index in [-0.39, 0.29) is 24.6 Å². The van der Waals surface area contributed by atoms with Crippen LogP contribution in [0, 0.1) is 0 Å². The molecule has 0 aliphatic carbocycles. The quantitative estimate of drug-likeness (QED) is 0.437. The number of carbonyl (C=O) groups excluding carboxylic acids is 1. The van der Waals surface area contributed by atoms with Crippen LogP contribution in [0.3, 0.4) is 0 Å². The molecule has 0 atom stereocenters. The van der Waals surface area contributed by atoms with E-state index >= 15 is 0 Å². The molecule has 0 aliphatic heterocycles. The molecule has 1 N–H and O–H groups in total. The second-order valence-electron chi connectivity index (χ2n) is 6.72. The Bertz CT molecular complexity index is 1300. The van der Waals surface area contributed by atoms with E-state index in [1.165, 1.54) is 24.5 Å². The van der Waals surface area contributed by atoms with Gasteiger partial charge in [-0.2, -0.15) is 4.31 Å². The molecule has 0 saturated carbocycles. The van der Waals surface area contributed by atoms with Crippen LogP contribution in [0.5, 0.6) is 0 Å². The second-order valence-corrected chi connectivity index (χ2v) is 9.66. The van der Waals surface area contributed by atoms with Gasteiger partial charge in [0.05, 0.1) is 28.3 Å². The van der Waals surface area contributed by atoms with E-state index in [9.17, 15) is 13.2 Å². The van der Waals surface area contributed by atoms with Crippen molar-refractivity contribution in [1.29, 1.82) is 0 Å². The fourth-order valence-electron chi connectivity index (χ4n) is 3.18. The van der Waals surface area contributed by atoms with Gasteiger partial charge in [-0.05, 0) is 24.3 Å². The molecule has 0 unspecified atom stereocenters. The molecular weight excluding hydrogens is 436 g/mol. The van der Waals surface area contributed by atoms with Gasteiger partial charge in [0.2, 0.25) is 15.9 Å². The molecule has 2 aromatic carbocycles. The highest BCUT2D eigenvalue weighted by molar-refractivity contribution is 7.89. The number of nitrogens with zero attached hydrogens (tertiary/aromatic N) is 3. The molecule has 4 rings (SSSR count). The molecule has 1 amide bonds. The maximum absolute atomic E-state index is 13.4. The molecular formula is C21H20N4O4S2. The number of thiazole rings is 1. The van der Waals surface area contributed by atoms with Crippen molar-refractivity contribution in [2.75, 3.05) is 32.1 Å². The van der Waals surface area contributed by atoms with Gasteiger partial charge < -0.3 is 10.1 Å². The maximum atomic E-state index is 13.4. The third kappa shape index (κ3) is 4.57. The zero-order valence-electron chi connectivity index (χ0n) is 16.7. The number of hydrogen-bond acceptors (Lipinski definition) is 7. The Balaban J connectivity index is 1.60. The molecule has 0 saturated heterocycles. The summed E-state index contributed by atoms with van der Waals surface area (Å²) >= 11 is 1.33. The average Bonchev–Trinajstić information content (AvgIpc) is 3.18. The number of para-hydroxylation sites is 1. The number of amides is 1. The molecule has 2 heterocycles. The minimum absolute atomic E-state index is 0.0353. The van der Waals surface area contributed by atoms with E-state index in [1.807, 2.05) is 24.3 Å². The Morgan fingerprint density at radius 2 is 2.00 bits per heavy atom. The summed E-state index contributed by atoms with van der Waals surface area (Å²) in [5.41, 5.74) is 0.774. The highest BCUT2D eigenvalue weighted by Gasteiger charge is 2.28. The van der Waals surface area contributed by atoms with Crippen LogP contribution in [0.15, 0.2) is 65.8 Å². The Hall–Kier alpha value is -2.92. The number of benzene rings is 2. The van der Waals surface area contributed by atoms with Crippen LogP contribution in [0.1, 0.15) is 0 Å². The van der Waals surface area contributed by atoms with Gasteiger partial charge in [0.25, 0.3) is 0 Å². The first-order chi connectivity index (χ1) is 15.0. The zero-order chi connectivity index (χ0) is 21.8. The lowest BCUT2D eigenvalue weighted by molar-refractivity contribution is -0.116. The van der Waals surface area contributed by atoms with Crippen molar-refractivity contribution in [2.45, 2.75) is 4.90 Å². The fourth-order valence-corrected chi connectivity index (χ4v) is 5.66. The number of ether oxygens (including phenoxy) is 1. The first kappa shape index (κ1) is 21.3. The normalized spacial score (nSPS) is 11.9. The monoisotopic (exact) mass is 456 g/mol. The number of pyridine rings is 1. The van der Waals surface area contributed by atoms with E-state index in [0.29, 0.717) is 15.9 Å². The summed E-state index contributed by atoms with van der Waals surface area (Å²) in [6.07, 6.45) is 3.15. The fraction of sp³-hybridized carbons (Fsp3) is 0.190. The van der Waals surface area contributed by atoms with Gasteiger partial charge in [-0.25, -0.2) is 13.4 Å². The molecule has 10 heteroatoms. The van der Waals surface area contributed by atoms with Crippen LogP contribution >= 0.6 is 11.3 Å². The second kappa shape index (κ2) is 9.06. The molecule has 0 spiro atoms. The summed E-state index contributed by atoms with van der Waals surface area (Å²) in [6, 6.07) is 14.2. The third-order valence-corrected chi connectivity index (χ3v) is 7.52. The van der Waals surface area contributed by atoms with Gasteiger partial charge in [0.1, 0.15) is 0 Å². The predicted molar refractivity (Wildman–Crippen MR) is 121 cm³/mol. The van der Waals surface area contributed by atoms with Crippen LogP contribution in [-0.2, 0) is 19.6 Å². The lowest BCUT2D eigenvalue weighted by atomic mass is 10.2. The van der Waals surface area contributed by atoms with Crippen LogP contribution in [-0.4, -0.2) is 55.4 Å². The molecule has 2 aromatic heterocycles. The number of fused-ring (bicyclic) bond motifs is 2. The third-order valence-electron chi connectivity index (χ3n) is 4.66. The van der Waals surface area contributed by atoms with E-state index in [1.54, 1.807) is 30.6 Å². The number of hydrogen-bond donors (Lipinski definition) is 1. The van der Waals surface area contributed by atoms with Crippen molar-refractivity contribution in [3.05, 3.63) is 60.9 Å². The highest BCUT2D eigenvalue weighted by atomic mass is 32.2. The van der Waals surface area contributed by atoms with Crippen molar-refractivity contribution < 1.29 is 17.9 Å². The zero-order valence-corrected chi connectivity index (χ0v) is 18.3. The predicted octanol–water partition coefficient (Wildman–Crippen LogP) is 3.12. The minimum atomic E-state index is -3.96. The van der Waals surface area contributed by atoms with Gasteiger partial charge in [0, 0.05) is 36.8 Å². The number of aromatic nitrogens is 2. The summed E-state index contributed by atoms with van der Waals surface area (Å²) in [5.74, 6) is -0.472. The molecule has 0 aliphatic rings. The van der Waals surface area contributed by atoms with Crippen molar-refractivity contribution in [3.63, 3.8) is 0 Å². The van der Waals surface area contributed by atoms with Gasteiger partial charge in [-0.15, -0.1) is 0 Å². The summed E-state index contributed by atoms with van der Waals surface area (Å²) in [7, 11) is -2.48. The first-order valence-corrected chi connectivity index (χ1v) is 11.7. The van der Waals surface area contributed by atoms with Gasteiger partial charge >= 0.3 is 0 Å². The maximum Gasteiger partial charge on any atom is 0.244 e. The summed E-state index contributed by atoms with van der Waals surface area (Å²) in [6.45, 7) is -0.170. The largest absolute Gasteiger partial charge is 0.383 e. The number of rotatable bonds is 8. The lowest BCUT2D eigenvalue weighted by Gasteiger charge is -2.22. The van der Waals surface area contributed by atoms with E-state index < -0.39 is 15.9 Å². The van der Waals surface area contributed by atoms with Gasteiger partial charge in [0.15, 0.2) is 5.13 Å². The number of anilines is 1. The molecule has 31 heavy (non-hydrogen) atoms. The van der Waals surface area contributed by atoms with E-state index in [0.717, 1.165) is 14.5 Å². The average molecular weight is 457 g/mol. The minimum Gasteiger partial charge on any atom is -0.383 e. The summed E-state index contributed by atoms with van der Waals surface area (Å²) in [4.78, 5) is 21.2. The Labute approximate surface area is 183 Å². The molecule has 160 valence electrons. The van der Waals surface area contributed by atoms with Crippen LogP contribution in [0.4, 0.5) is 5.13 Å². The standard InChI is InChI=1S/C21H20N4O4S2/c1-29-12-11-25(14-20(26)24-21-23-17-6-2-3-7-18(17)30-21)31(27,28)19-8-4-5-15-13-22-10-9-16(15)19/h2-10,13H,11-12,14H2,1H3,(H,23,24,26). The Morgan fingerprint density at radius 3 is 2.81 bits per heavy atom. The van der Waals surface area contributed by atoms with E-state index in [2.05, 4.69) is 15.3 Å². The van der Waals surface area contributed by atoms with E-state index in [4.69, 9.17) is 4.74 Å².